The summed E-state index contributed by atoms with van der Waals surface area (Å²) >= 11 is 0.660. The van der Waals surface area contributed by atoms with Crippen LogP contribution in [0.15, 0.2) is 90.0 Å². The molecule has 4 aromatic rings. The van der Waals surface area contributed by atoms with E-state index in [1.165, 1.54) is 12.1 Å². The summed E-state index contributed by atoms with van der Waals surface area (Å²) in [5.74, 6) is -0.0440. The van der Waals surface area contributed by atoms with Gasteiger partial charge in [0.15, 0.2) is 0 Å². The van der Waals surface area contributed by atoms with Gasteiger partial charge in [-0.25, -0.2) is 9.58 Å². The molecule has 6 nitrogen and oxygen atoms in total. The quantitative estimate of drug-likeness (QED) is 0.270. The van der Waals surface area contributed by atoms with Gasteiger partial charge in [0.1, 0.15) is 5.75 Å². The molecule has 10 heteroatoms. The lowest BCUT2D eigenvalue weighted by Gasteiger charge is -2.14. The number of ether oxygens (including phenoxy) is 1. The Bertz CT molecular complexity index is 1510. The first-order chi connectivity index (χ1) is 17.7. The zero-order valence-electron chi connectivity index (χ0n) is 19.3. The number of alkyl halides is 3. The normalized spacial score (nSPS) is 15.0. The van der Waals surface area contributed by atoms with Gasteiger partial charge < -0.3 is 4.74 Å². The van der Waals surface area contributed by atoms with Crippen molar-refractivity contribution >= 4 is 34.7 Å². The van der Waals surface area contributed by atoms with Crippen LogP contribution in [0.5, 0.6) is 5.75 Å². The Morgan fingerprint density at radius 3 is 2.30 bits per heavy atom. The SMILES string of the molecule is COc1ccc(-c2nn(-c3ccccc3)cc2/C=C2\SC(=O)N(c3cccc(C(F)(F)F)c3)C2=O)cc1. The number of carbonyl (C=O) groups is 2. The van der Waals surface area contributed by atoms with E-state index in [2.05, 4.69) is 0 Å². The van der Waals surface area contributed by atoms with E-state index in [1.807, 2.05) is 42.5 Å². The molecule has 1 fully saturated rings. The van der Waals surface area contributed by atoms with Gasteiger partial charge in [-0.15, -0.1) is 0 Å². The van der Waals surface area contributed by atoms with Gasteiger partial charge >= 0.3 is 6.18 Å². The standard InChI is InChI=1S/C27H18F3N3O3S/c1-36-22-12-10-17(11-13-22)24-18(16-32(31-24)20-7-3-2-4-8-20)14-23-25(34)33(26(35)37-23)21-9-5-6-19(15-21)27(28,29)30/h2-16H,1H3/b23-14-. The second kappa shape index (κ2) is 9.62. The maximum atomic E-state index is 13.2. The molecule has 0 saturated carbocycles. The predicted molar refractivity (Wildman–Crippen MR) is 135 cm³/mol. The minimum Gasteiger partial charge on any atom is -0.497 e. The molecular formula is C27H18F3N3O3S. The van der Waals surface area contributed by atoms with E-state index in [-0.39, 0.29) is 10.6 Å². The summed E-state index contributed by atoms with van der Waals surface area (Å²) in [7, 11) is 1.56. The van der Waals surface area contributed by atoms with Crippen LogP contribution in [0.25, 0.3) is 23.0 Å². The van der Waals surface area contributed by atoms with E-state index in [0.29, 0.717) is 28.8 Å². The molecule has 0 unspecified atom stereocenters. The van der Waals surface area contributed by atoms with E-state index >= 15 is 0 Å². The first-order valence-electron chi connectivity index (χ1n) is 11.0. The Morgan fingerprint density at radius 1 is 0.919 bits per heavy atom. The number of imide groups is 1. The molecule has 1 aliphatic heterocycles. The third-order valence-corrected chi connectivity index (χ3v) is 6.51. The average molecular weight is 522 g/mol. The van der Waals surface area contributed by atoms with Crippen molar-refractivity contribution < 1.29 is 27.5 Å². The monoisotopic (exact) mass is 521 g/mol. The number of hydrogen-bond donors (Lipinski definition) is 0. The fourth-order valence-corrected chi connectivity index (χ4v) is 4.66. The highest BCUT2D eigenvalue weighted by molar-refractivity contribution is 8.19. The first-order valence-corrected chi connectivity index (χ1v) is 11.8. The number of thioether (sulfide) groups is 1. The lowest BCUT2D eigenvalue weighted by molar-refractivity contribution is -0.137. The highest BCUT2D eigenvalue weighted by Gasteiger charge is 2.38. The topological polar surface area (TPSA) is 64.4 Å². The van der Waals surface area contributed by atoms with Crippen molar-refractivity contribution in [3.63, 3.8) is 0 Å². The van der Waals surface area contributed by atoms with E-state index in [1.54, 1.807) is 30.1 Å². The molecule has 1 aliphatic rings. The van der Waals surface area contributed by atoms with Crippen LogP contribution in [-0.2, 0) is 11.0 Å². The lowest BCUT2D eigenvalue weighted by atomic mass is 10.1. The average Bonchev–Trinajstić information content (AvgIpc) is 3.44. The van der Waals surface area contributed by atoms with E-state index in [0.717, 1.165) is 34.3 Å². The summed E-state index contributed by atoms with van der Waals surface area (Å²) in [5.41, 5.74) is 1.56. The molecule has 0 atom stereocenters. The van der Waals surface area contributed by atoms with Gasteiger partial charge in [0.05, 0.1) is 34.6 Å². The molecule has 5 rings (SSSR count). The van der Waals surface area contributed by atoms with E-state index in [4.69, 9.17) is 9.84 Å². The molecule has 37 heavy (non-hydrogen) atoms. The van der Waals surface area contributed by atoms with Crippen LogP contribution >= 0.6 is 11.8 Å². The molecule has 1 saturated heterocycles. The van der Waals surface area contributed by atoms with Crippen LogP contribution in [0.4, 0.5) is 23.7 Å². The molecule has 2 amide bonds. The highest BCUT2D eigenvalue weighted by Crippen LogP contribution is 2.39. The van der Waals surface area contributed by atoms with Crippen LogP contribution in [0.1, 0.15) is 11.1 Å². The molecular weight excluding hydrogens is 503 g/mol. The zero-order chi connectivity index (χ0) is 26.2. The van der Waals surface area contributed by atoms with Gasteiger partial charge in [0, 0.05) is 17.3 Å². The molecule has 3 aromatic carbocycles. The number of nitrogens with zero attached hydrogens (tertiary/aromatic N) is 3. The van der Waals surface area contributed by atoms with Crippen molar-refractivity contribution in [1.82, 2.24) is 9.78 Å². The number of rotatable bonds is 5. The van der Waals surface area contributed by atoms with Crippen LogP contribution in [0, 0.1) is 0 Å². The van der Waals surface area contributed by atoms with Gasteiger partial charge in [-0.05, 0) is 72.4 Å². The smallest absolute Gasteiger partial charge is 0.416 e. The molecule has 0 spiro atoms. The van der Waals surface area contributed by atoms with Crippen molar-refractivity contribution in [3.05, 3.63) is 101 Å². The highest BCUT2D eigenvalue weighted by atomic mass is 32.2. The van der Waals surface area contributed by atoms with Crippen molar-refractivity contribution in [2.75, 3.05) is 12.0 Å². The largest absolute Gasteiger partial charge is 0.497 e. The second-order valence-corrected chi connectivity index (χ2v) is 9.00. The second-order valence-electron chi connectivity index (χ2n) is 8.01. The Balaban J connectivity index is 1.55. The van der Waals surface area contributed by atoms with Gasteiger partial charge in [0.25, 0.3) is 11.1 Å². The van der Waals surface area contributed by atoms with Crippen LogP contribution in [0.2, 0.25) is 0 Å². The lowest BCUT2D eigenvalue weighted by Crippen LogP contribution is -2.28. The maximum Gasteiger partial charge on any atom is 0.416 e. The number of aromatic nitrogens is 2. The van der Waals surface area contributed by atoms with Crippen LogP contribution in [-0.4, -0.2) is 28.0 Å². The minimum absolute atomic E-state index is 0.0739. The fourth-order valence-electron chi connectivity index (χ4n) is 3.83. The van der Waals surface area contributed by atoms with Gasteiger partial charge in [-0.1, -0.05) is 24.3 Å². The summed E-state index contributed by atoms with van der Waals surface area (Å²) in [6, 6.07) is 20.7. The summed E-state index contributed by atoms with van der Waals surface area (Å²) in [6.07, 6.45) is -1.34. The Hall–Kier alpha value is -4.31. The summed E-state index contributed by atoms with van der Waals surface area (Å²) in [6.45, 7) is 0. The minimum atomic E-state index is -4.60. The fraction of sp³-hybridized carbons (Fsp3) is 0.0741. The number of methoxy groups -OCH3 is 1. The number of anilines is 1. The van der Waals surface area contributed by atoms with Gasteiger partial charge in [0.2, 0.25) is 0 Å². The summed E-state index contributed by atoms with van der Waals surface area (Å²) < 4.78 is 46.4. The summed E-state index contributed by atoms with van der Waals surface area (Å²) in [4.78, 5) is 26.7. The molecule has 0 aliphatic carbocycles. The van der Waals surface area contributed by atoms with E-state index in [9.17, 15) is 22.8 Å². The third-order valence-electron chi connectivity index (χ3n) is 5.64. The van der Waals surface area contributed by atoms with Gasteiger partial charge in [-0.3, -0.25) is 9.59 Å². The molecule has 2 heterocycles. The molecule has 1 aromatic heterocycles. The number of amides is 2. The van der Waals surface area contributed by atoms with Crippen molar-refractivity contribution in [2.45, 2.75) is 6.18 Å². The van der Waals surface area contributed by atoms with E-state index < -0.39 is 22.9 Å². The van der Waals surface area contributed by atoms with Gasteiger partial charge in [-0.2, -0.15) is 18.3 Å². The molecule has 0 bridgehead atoms. The molecule has 0 radical (unpaired) electrons. The number of para-hydroxylation sites is 1. The van der Waals surface area contributed by atoms with Crippen molar-refractivity contribution in [3.8, 4) is 22.7 Å². The van der Waals surface area contributed by atoms with Crippen LogP contribution < -0.4 is 9.64 Å². The number of benzene rings is 3. The maximum absolute atomic E-state index is 13.2. The number of halogens is 3. The zero-order valence-corrected chi connectivity index (χ0v) is 20.1. The third kappa shape index (κ3) is 4.88. The first kappa shape index (κ1) is 24.4. The van der Waals surface area contributed by atoms with Crippen LogP contribution in [0.3, 0.4) is 0 Å². The number of carbonyl (C=O) groups excluding carboxylic acids is 2. The summed E-state index contributed by atoms with van der Waals surface area (Å²) in [5, 5.41) is 4.01. The number of hydrogen-bond acceptors (Lipinski definition) is 5. The predicted octanol–water partition coefficient (Wildman–Crippen LogP) is 6.81. The Labute approximate surface area is 214 Å². The molecule has 0 N–H and O–H groups in total. The van der Waals surface area contributed by atoms with Crippen molar-refractivity contribution in [1.29, 1.82) is 0 Å². The Morgan fingerprint density at radius 2 is 1.62 bits per heavy atom. The Kier molecular flexibility index (Phi) is 6.34. The molecule has 186 valence electrons. The van der Waals surface area contributed by atoms with Crippen molar-refractivity contribution in [2.24, 2.45) is 0 Å².